The Kier molecular flexibility index (Phi) is 4.85. The predicted molar refractivity (Wildman–Crippen MR) is 99.3 cm³/mol. The molecule has 2 aromatic heterocycles. The number of hydrogen-bond donors (Lipinski definition) is 0. The van der Waals surface area contributed by atoms with E-state index < -0.39 is 0 Å². The molecule has 6 nitrogen and oxygen atoms in total. The molecule has 0 spiro atoms. The van der Waals surface area contributed by atoms with Crippen molar-refractivity contribution in [2.24, 2.45) is 0 Å². The maximum Gasteiger partial charge on any atom is 0.267 e. The summed E-state index contributed by atoms with van der Waals surface area (Å²) in [7, 11) is 3.40. The number of para-hydroxylation sites is 1. The summed E-state index contributed by atoms with van der Waals surface area (Å²) in [5.41, 5.74) is 1.42. The lowest BCUT2D eigenvalue weighted by Gasteiger charge is -2.14. The summed E-state index contributed by atoms with van der Waals surface area (Å²) in [6.07, 6.45) is 1.70. The largest absolute Gasteiger partial charge is 0.348 e. The van der Waals surface area contributed by atoms with Crippen LogP contribution in [-0.4, -0.2) is 45.2 Å². The van der Waals surface area contributed by atoms with Crippen LogP contribution in [0.15, 0.2) is 52.5 Å². The Labute approximate surface area is 149 Å². The summed E-state index contributed by atoms with van der Waals surface area (Å²) in [4.78, 5) is 35.4. The zero-order valence-electron chi connectivity index (χ0n) is 14.3. The van der Waals surface area contributed by atoms with Crippen LogP contribution in [0.2, 0.25) is 0 Å². The highest BCUT2D eigenvalue weighted by molar-refractivity contribution is 7.99. The van der Waals surface area contributed by atoms with Gasteiger partial charge in [0, 0.05) is 20.3 Å². The van der Waals surface area contributed by atoms with E-state index in [0.717, 1.165) is 5.56 Å². The quantitative estimate of drug-likeness (QED) is 0.531. The van der Waals surface area contributed by atoms with E-state index in [1.807, 2.05) is 19.1 Å². The van der Waals surface area contributed by atoms with Crippen LogP contribution in [0.3, 0.4) is 0 Å². The number of aryl methyl sites for hydroxylation is 1. The number of carbonyl (C=O) groups excluding carboxylic acids is 1. The van der Waals surface area contributed by atoms with E-state index in [1.54, 1.807) is 44.6 Å². The van der Waals surface area contributed by atoms with Gasteiger partial charge in [-0.15, -0.1) is 0 Å². The maximum absolute atomic E-state index is 13.0. The lowest BCUT2D eigenvalue weighted by molar-refractivity contribution is -0.125. The van der Waals surface area contributed by atoms with Gasteiger partial charge in [-0.3, -0.25) is 9.59 Å². The van der Waals surface area contributed by atoms with Gasteiger partial charge in [-0.05, 0) is 30.7 Å². The summed E-state index contributed by atoms with van der Waals surface area (Å²) in [5.74, 6) is 0.647. The Morgan fingerprint density at radius 1 is 1.20 bits per heavy atom. The Bertz CT molecular complexity index is 981. The fourth-order valence-electron chi connectivity index (χ4n) is 2.26. The Balaban J connectivity index is 2.15. The van der Waals surface area contributed by atoms with Gasteiger partial charge in [0.05, 0.1) is 16.7 Å². The van der Waals surface area contributed by atoms with Gasteiger partial charge in [0.25, 0.3) is 5.56 Å². The van der Waals surface area contributed by atoms with E-state index in [9.17, 15) is 9.59 Å². The van der Waals surface area contributed by atoms with Crippen molar-refractivity contribution in [1.82, 2.24) is 19.4 Å². The van der Waals surface area contributed by atoms with Crippen LogP contribution in [0.1, 0.15) is 5.56 Å². The van der Waals surface area contributed by atoms with Crippen molar-refractivity contribution in [1.29, 1.82) is 0 Å². The zero-order valence-corrected chi connectivity index (χ0v) is 15.1. The molecular formula is C18H18N4O2S. The second kappa shape index (κ2) is 7.06. The Morgan fingerprint density at radius 3 is 2.64 bits per heavy atom. The van der Waals surface area contributed by atoms with Crippen molar-refractivity contribution in [3.05, 3.63) is 58.5 Å². The summed E-state index contributed by atoms with van der Waals surface area (Å²) in [6, 6.07) is 10.9. The van der Waals surface area contributed by atoms with E-state index in [1.165, 1.54) is 21.2 Å². The van der Waals surface area contributed by atoms with Crippen LogP contribution in [0, 0.1) is 6.92 Å². The molecule has 0 saturated heterocycles. The second-order valence-electron chi connectivity index (χ2n) is 5.82. The number of fused-ring (bicyclic) bond motifs is 1. The molecule has 0 aliphatic rings. The molecule has 0 atom stereocenters. The van der Waals surface area contributed by atoms with E-state index in [0.29, 0.717) is 21.9 Å². The average molecular weight is 354 g/mol. The number of aromatic nitrogens is 3. The lowest BCUT2D eigenvalue weighted by Crippen LogP contribution is -2.26. The first-order valence-electron chi connectivity index (χ1n) is 7.75. The first-order valence-corrected chi connectivity index (χ1v) is 8.73. The number of pyridine rings is 1. The Hall–Kier alpha value is -2.67. The molecule has 3 aromatic rings. The minimum absolute atomic E-state index is 0.0455. The number of amides is 1. The number of benzene rings is 1. The molecule has 0 aliphatic heterocycles. The molecule has 2 heterocycles. The van der Waals surface area contributed by atoms with Gasteiger partial charge in [0.2, 0.25) is 5.91 Å². The smallest absolute Gasteiger partial charge is 0.267 e. The zero-order chi connectivity index (χ0) is 18.0. The van der Waals surface area contributed by atoms with Crippen molar-refractivity contribution in [2.75, 3.05) is 19.8 Å². The Morgan fingerprint density at radius 2 is 1.96 bits per heavy atom. The predicted octanol–water partition coefficient (Wildman–Crippen LogP) is 2.27. The molecule has 128 valence electrons. The number of nitrogens with zero attached hydrogens (tertiary/aromatic N) is 4. The molecular weight excluding hydrogens is 336 g/mol. The first kappa shape index (κ1) is 17.2. The van der Waals surface area contributed by atoms with E-state index >= 15 is 0 Å². The van der Waals surface area contributed by atoms with Crippen molar-refractivity contribution in [3.8, 4) is 5.82 Å². The van der Waals surface area contributed by atoms with Crippen molar-refractivity contribution >= 4 is 28.6 Å². The lowest BCUT2D eigenvalue weighted by atomic mass is 10.2. The number of hydrogen-bond acceptors (Lipinski definition) is 5. The summed E-state index contributed by atoms with van der Waals surface area (Å²) >= 11 is 1.23. The topological polar surface area (TPSA) is 68.1 Å². The normalized spacial score (nSPS) is 10.8. The SMILES string of the molecule is Cc1ccc(-n2c(SCC(=O)N(C)C)nc3ccccc3c2=O)nc1. The fraction of sp³-hybridized carbons (Fsp3) is 0.222. The van der Waals surface area contributed by atoms with Crippen molar-refractivity contribution in [3.63, 3.8) is 0 Å². The third-order valence-corrected chi connectivity index (χ3v) is 4.62. The molecule has 0 fully saturated rings. The van der Waals surface area contributed by atoms with E-state index in [-0.39, 0.29) is 17.2 Å². The minimum Gasteiger partial charge on any atom is -0.348 e. The van der Waals surface area contributed by atoms with Gasteiger partial charge in [0.1, 0.15) is 5.82 Å². The molecule has 25 heavy (non-hydrogen) atoms. The van der Waals surface area contributed by atoms with Crippen LogP contribution in [0.4, 0.5) is 0 Å². The molecule has 0 unspecified atom stereocenters. The molecule has 0 N–H and O–H groups in total. The molecule has 0 radical (unpaired) electrons. The van der Waals surface area contributed by atoms with Crippen LogP contribution < -0.4 is 5.56 Å². The molecule has 7 heteroatoms. The minimum atomic E-state index is -0.193. The van der Waals surface area contributed by atoms with Gasteiger partial charge >= 0.3 is 0 Å². The van der Waals surface area contributed by atoms with E-state index in [4.69, 9.17) is 0 Å². The summed E-state index contributed by atoms with van der Waals surface area (Å²) in [5, 5.41) is 0.975. The van der Waals surface area contributed by atoms with Gasteiger partial charge in [-0.25, -0.2) is 14.5 Å². The van der Waals surface area contributed by atoms with Gasteiger partial charge < -0.3 is 4.90 Å². The fourth-order valence-corrected chi connectivity index (χ4v) is 3.24. The van der Waals surface area contributed by atoms with E-state index in [2.05, 4.69) is 9.97 Å². The van der Waals surface area contributed by atoms with Gasteiger partial charge in [-0.1, -0.05) is 30.0 Å². The summed E-state index contributed by atoms with van der Waals surface area (Å²) < 4.78 is 1.47. The molecule has 1 amide bonds. The molecule has 3 rings (SSSR count). The van der Waals surface area contributed by atoms with Crippen LogP contribution >= 0.6 is 11.8 Å². The van der Waals surface area contributed by atoms with Crippen molar-refractivity contribution < 1.29 is 4.79 Å². The highest BCUT2D eigenvalue weighted by atomic mass is 32.2. The van der Waals surface area contributed by atoms with Gasteiger partial charge in [0.15, 0.2) is 5.16 Å². The highest BCUT2D eigenvalue weighted by Gasteiger charge is 2.15. The van der Waals surface area contributed by atoms with Crippen LogP contribution in [0.25, 0.3) is 16.7 Å². The van der Waals surface area contributed by atoms with Gasteiger partial charge in [-0.2, -0.15) is 0 Å². The number of carbonyl (C=O) groups is 1. The second-order valence-corrected chi connectivity index (χ2v) is 6.77. The standard InChI is InChI=1S/C18H18N4O2S/c1-12-8-9-15(19-10-12)22-17(24)13-6-4-5-7-14(13)20-18(22)25-11-16(23)21(2)3/h4-10H,11H2,1-3H3. The van der Waals surface area contributed by atoms with Crippen molar-refractivity contribution in [2.45, 2.75) is 12.1 Å². The first-order chi connectivity index (χ1) is 12.0. The molecule has 0 bridgehead atoms. The maximum atomic E-state index is 13.0. The highest BCUT2D eigenvalue weighted by Crippen LogP contribution is 2.20. The third-order valence-electron chi connectivity index (χ3n) is 3.69. The third kappa shape index (κ3) is 3.56. The average Bonchev–Trinajstić information content (AvgIpc) is 2.61. The molecule has 0 aliphatic carbocycles. The monoisotopic (exact) mass is 354 g/mol. The summed E-state index contributed by atoms with van der Waals surface area (Å²) in [6.45, 7) is 1.93. The van der Waals surface area contributed by atoms with Crippen LogP contribution in [0.5, 0.6) is 0 Å². The number of rotatable bonds is 4. The molecule has 1 aromatic carbocycles. The molecule has 0 saturated carbocycles. The van der Waals surface area contributed by atoms with Crippen LogP contribution in [-0.2, 0) is 4.79 Å². The number of thioether (sulfide) groups is 1.